The minimum absolute atomic E-state index is 0.261. The first kappa shape index (κ1) is 12.8. The molecule has 0 aliphatic carbocycles. The van der Waals surface area contributed by atoms with Gasteiger partial charge in [-0.25, -0.2) is 4.39 Å². The average Bonchev–Trinajstić information content (AvgIpc) is 2.45. The van der Waals surface area contributed by atoms with Gasteiger partial charge in [-0.2, -0.15) is 0 Å². The molecule has 0 saturated carbocycles. The molecule has 1 atom stereocenters. The molecule has 0 radical (unpaired) electrons. The van der Waals surface area contributed by atoms with Gasteiger partial charge in [0.05, 0.1) is 6.04 Å². The highest BCUT2D eigenvalue weighted by Crippen LogP contribution is 2.27. The lowest BCUT2D eigenvalue weighted by molar-refractivity contribution is 0.622. The van der Waals surface area contributed by atoms with Crippen LogP contribution in [0, 0.1) is 12.7 Å². The number of halogens is 1. The summed E-state index contributed by atoms with van der Waals surface area (Å²) in [6.45, 7) is 1.86. The highest BCUT2D eigenvalue weighted by atomic mass is 19.1. The Morgan fingerprint density at radius 2 is 1.90 bits per heavy atom. The van der Waals surface area contributed by atoms with Crippen LogP contribution in [-0.4, -0.2) is 4.98 Å². The first-order chi connectivity index (χ1) is 9.65. The minimum Gasteiger partial charge on any atom is -0.320 e. The highest BCUT2D eigenvalue weighted by molar-refractivity contribution is 5.85. The van der Waals surface area contributed by atoms with Crippen molar-refractivity contribution in [3.63, 3.8) is 0 Å². The van der Waals surface area contributed by atoms with Crippen molar-refractivity contribution in [2.24, 2.45) is 5.73 Å². The van der Waals surface area contributed by atoms with Crippen molar-refractivity contribution in [1.82, 2.24) is 4.98 Å². The molecule has 0 saturated heterocycles. The first-order valence-electron chi connectivity index (χ1n) is 6.50. The van der Waals surface area contributed by atoms with Crippen molar-refractivity contribution in [3.05, 3.63) is 77.4 Å². The van der Waals surface area contributed by atoms with Crippen molar-refractivity contribution in [1.29, 1.82) is 0 Å². The predicted molar refractivity (Wildman–Crippen MR) is 78.9 cm³/mol. The van der Waals surface area contributed by atoms with E-state index in [0.717, 1.165) is 27.5 Å². The van der Waals surface area contributed by atoms with Gasteiger partial charge in [0, 0.05) is 17.8 Å². The van der Waals surface area contributed by atoms with E-state index in [1.807, 2.05) is 43.5 Å². The molecule has 1 heterocycles. The maximum Gasteiger partial charge on any atom is 0.123 e. The molecule has 1 unspecified atom stereocenters. The molecule has 0 spiro atoms. The van der Waals surface area contributed by atoms with Crippen LogP contribution in [-0.2, 0) is 0 Å². The molecule has 2 N–H and O–H groups in total. The van der Waals surface area contributed by atoms with Gasteiger partial charge >= 0.3 is 0 Å². The summed E-state index contributed by atoms with van der Waals surface area (Å²) < 4.78 is 13.5. The Morgan fingerprint density at radius 3 is 2.70 bits per heavy atom. The van der Waals surface area contributed by atoms with Crippen molar-refractivity contribution in [2.45, 2.75) is 13.0 Å². The predicted octanol–water partition coefficient (Wildman–Crippen LogP) is 3.73. The highest BCUT2D eigenvalue weighted by Gasteiger charge is 2.13. The quantitative estimate of drug-likeness (QED) is 0.767. The van der Waals surface area contributed by atoms with Gasteiger partial charge in [0.25, 0.3) is 0 Å². The maximum atomic E-state index is 13.5. The van der Waals surface area contributed by atoms with Crippen LogP contribution < -0.4 is 5.73 Å². The van der Waals surface area contributed by atoms with Gasteiger partial charge in [-0.05, 0) is 41.1 Å². The summed E-state index contributed by atoms with van der Waals surface area (Å²) in [7, 11) is 0. The van der Waals surface area contributed by atoms with Gasteiger partial charge in [-0.3, -0.25) is 4.98 Å². The number of hydrogen-bond donors (Lipinski definition) is 1. The second kappa shape index (κ2) is 5.02. The first-order valence-corrected chi connectivity index (χ1v) is 6.50. The normalized spacial score (nSPS) is 12.6. The fourth-order valence-electron chi connectivity index (χ4n) is 2.51. The Hall–Kier alpha value is -2.26. The molecule has 0 amide bonds. The van der Waals surface area contributed by atoms with Crippen LogP contribution in [0.4, 0.5) is 4.39 Å². The van der Waals surface area contributed by atoms with E-state index >= 15 is 0 Å². The van der Waals surface area contributed by atoms with E-state index in [1.54, 1.807) is 6.20 Å². The van der Waals surface area contributed by atoms with E-state index in [4.69, 9.17) is 5.73 Å². The molecule has 0 aliphatic heterocycles. The SMILES string of the molecule is Cc1cc(F)cc(C(N)c2cncc3ccccc23)c1. The van der Waals surface area contributed by atoms with E-state index in [1.165, 1.54) is 12.1 Å². The van der Waals surface area contributed by atoms with Crippen LogP contribution in [0.3, 0.4) is 0 Å². The molecule has 3 heteroatoms. The van der Waals surface area contributed by atoms with E-state index in [9.17, 15) is 4.39 Å². The number of benzene rings is 2. The van der Waals surface area contributed by atoms with Gasteiger partial charge in [-0.1, -0.05) is 30.3 Å². The van der Waals surface area contributed by atoms with Crippen LogP contribution >= 0.6 is 0 Å². The van der Waals surface area contributed by atoms with Crippen LogP contribution in [0.15, 0.2) is 54.9 Å². The van der Waals surface area contributed by atoms with Crippen molar-refractivity contribution in [3.8, 4) is 0 Å². The Balaban J connectivity index is 2.15. The third-order valence-corrected chi connectivity index (χ3v) is 3.46. The van der Waals surface area contributed by atoms with Gasteiger partial charge in [0.2, 0.25) is 0 Å². The second-order valence-corrected chi connectivity index (χ2v) is 4.99. The number of fused-ring (bicyclic) bond motifs is 1. The maximum absolute atomic E-state index is 13.5. The number of nitrogens with zero attached hydrogens (tertiary/aromatic N) is 1. The summed E-state index contributed by atoms with van der Waals surface area (Å²) in [6, 6.07) is 12.4. The van der Waals surface area contributed by atoms with E-state index < -0.39 is 0 Å². The summed E-state index contributed by atoms with van der Waals surface area (Å²) in [4.78, 5) is 4.23. The fourth-order valence-corrected chi connectivity index (χ4v) is 2.51. The lowest BCUT2D eigenvalue weighted by atomic mass is 9.95. The third-order valence-electron chi connectivity index (χ3n) is 3.46. The molecule has 3 rings (SSSR count). The lowest BCUT2D eigenvalue weighted by Gasteiger charge is -2.15. The standard InChI is InChI=1S/C17H15FN2/c1-11-6-13(8-14(18)7-11)17(19)16-10-20-9-12-4-2-3-5-15(12)16/h2-10,17H,19H2,1H3. The van der Waals surface area contributed by atoms with Crippen molar-refractivity contribution >= 4 is 10.8 Å². The monoisotopic (exact) mass is 266 g/mol. The van der Waals surface area contributed by atoms with Gasteiger partial charge in [-0.15, -0.1) is 0 Å². The second-order valence-electron chi connectivity index (χ2n) is 4.99. The number of hydrogen-bond acceptors (Lipinski definition) is 2. The number of pyridine rings is 1. The van der Waals surface area contributed by atoms with E-state index in [0.29, 0.717) is 0 Å². The summed E-state index contributed by atoms with van der Waals surface area (Å²) >= 11 is 0. The Bertz CT molecular complexity index is 742. The summed E-state index contributed by atoms with van der Waals surface area (Å²) in [5.41, 5.74) is 8.85. The van der Waals surface area contributed by atoms with Crippen molar-refractivity contribution < 1.29 is 4.39 Å². The number of aromatic nitrogens is 1. The van der Waals surface area contributed by atoms with Crippen LogP contribution in [0.25, 0.3) is 10.8 Å². The topological polar surface area (TPSA) is 38.9 Å². The largest absolute Gasteiger partial charge is 0.320 e. The summed E-state index contributed by atoms with van der Waals surface area (Å²) in [6.07, 6.45) is 3.57. The number of nitrogens with two attached hydrogens (primary N) is 1. The Labute approximate surface area is 117 Å². The number of rotatable bonds is 2. The summed E-state index contributed by atoms with van der Waals surface area (Å²) in [5.74, 6) is -0.261. The van der Waals surface area contributed by atoms with E-state index in [2.05, 4.69) is 4.98 Å². The Kier molecular flexibility index (Phi) is 3.20. The fraction of sp³-hybridized carbons (Fsp3) is 0.118. The molecular formula is C17H15FN2. The minimum atomic E-state index is -0.386. The molecule has 0 bridgehead atoms. The smallest absolute Gasteiger partial charge is 0.123 e. The van der Waals surface area contributed by atoms with Crippen molar-refractivity contribution in [2.75, 3.05) is 0 Å². The molecule has 1 aromatic heterocycles. The van der Waals surface area contributed by atoms with Gasteiger partial charge < -0.3 is 5.73 Å². The van der Waals surface area contributed by atoms with Crippen LogP contribution in [0.1, 0.15) is 22.7 Å². The summed E-state index contributed by atoms with van der Waals surface area (Å²) in [5, 5.41) is 2.09. The zero-order chi connectivity index (χ0) is 14.1. The molecule has 3 aromatic rings. The van der Waals surface area contributed by atoms with Crippen LogP contribution in [0.2, 0.25) is 0 Å². The van der Waals surface area contributed by atoms with E-state index in [-0.39, 0.29) is 11.9 Å². The molecule has 2 nitrogen and oxygen atoms in total. The zero-order valence-corrected chi connectivity index (χ0v) is 11.2. The van der Waals surface area contributed by atoms with Gasteiger partial charge in [0.1, 0.15) is 5.82 Å². The zero-order valence-electron chi connectivity index (χ0n) is 11.2. The van der Waals surface area contributed by atoms with Gasteiger partial charge in [0.15, 0.2) is 0 Å². The molecule has 100 valence electrons. The molecular weight excluding hydrogens is 251 g/mol. The molecule has 0 fully saturated rings. The molecule has 2 aromatic carbocycles. The van der Waals surface area contributed by atoms with Crippen LogP contribution in [0.5, 0.6) is 0 Å². The Morgan fingerprint density at radius 1 is 1.10 bits per heavy atom. The molecule has 0 aliphatic rings. The lowest BCUT2D eigenvalue weighted by Crippen LogP contribution is -2.13. The number of aryl methyl sites for hydroxylation is 1. The average molecular weight is 266 g/mol. The third kappa shape index (κ3) is 2.28. The molecule has 20 heavy (non-hydrogen) atoms.